The summed E-state index contributed by atoms with van der Waals surface area (Å²) in [5.41, 5.74) is 2.46. The number of thioether (sulfide) groups is 1. The number of nitrogens with one attached hydrogen (secondary N) is 2. The van der Waals surface area contributed by atoms with Crippen LogP contribution in [0, 0.1) is 6.92 Å². The van der Waals surface area contributed by atoms with Crippen molar-refractivity contribution in [3.05, 3.63) is 51.3 Å². The Hall–Kier alpha value is -1.99. The third-order valence-corrected chi connectivity index (χ3v) is 6.55. The number of hydrogen-bond donors (Lipinski definition) is 2. The second-order valence-corrected chi connectivity index (χ2v) is 9.07. The van der Waals surface area contributed by atoms with Crippen LogP contribution < -0.4 is 10.9 Å². The Morgan fingerprint density at radius 2 is 1.96 bits per heavy atom. The van der Waals surface area contributed by atoms with Crippen LogP contribution in [0.2, 0.25) is 0 Å². The first-order valence-electron chi connectivity index (χ1n) is 9.30. The van der Waals surface area contributed by atoms with Crippen LogP contribution >= 0.6 is 11.8 Å². The molecule has 2 atom stereocenters. The second kappa shape index (κ2) is 6.87. The lowest BCUT2D eigenvalue weighted by atomic mass is 9.94. The Balaban J connectivity index is 1.80. The molecular weight excluding hydrogens is 362 g/mol. The van der Waals surface area contributed by atoms with E-state index in [0.29, 0.717) is 23.7 Å². The average molecular weight is 388 g/mol. The topological polar surface area (TPSA) is 76.1 Å². The number of benzene rings is 1. The molecule has 144 valence electrons. The summed E-state index contributed by atoms with van der Waals surface area (Å²) in [4.78, 5) is 25.3. The molecular formula is C20H25N3O3S. The van der Waals surface area contributed by atoms with Crippen LogP contribution in [0.4, 0.5) is 5.82 Å². The standard InChI is InChI=1S/C20H25N3O3S/c1-12-4-6-13(7-5-12)17-16-18(21-15(24)11-27-17)23(22-19(16)25)14-8-9-26-20(2,3)10-14/h4-7,14,17H,8-11H2,1-3H3,(H,21,24)(H,22,25)/t14-,17-/m0/s1. The first kappa shape index (κ1) is 18.4. The molecule has 6 nitrogen and oxygen atoms in total. The third kappa shape index (κ3) is 3.58. The van der Waals surface area contributed by atoms with E-state index in [0.717, 1.165) is 18.4 Å². The van der Waals surface area contributed by atoms with Crippen LogP contribution in [0.15, 0.2) is 29.1 Å². The Kier molecular flexibility index (Phi) is 4.68. The highest BCUT2D eigenvalue weighted by Gasteiger charge is 2.35. The predicted octanol–water partition coefficient (Wildman–Crippen LogP) is 3.39. The lowest BCUT2D eigenvalue weighted by Gasteiger charge is -2.36. The van der Waals surface area contributed by atoms with Crippen LogP contribution in [-0.4, -0.2) is 33.6 Å². The fourth-order valence-electron chi connectivity index (χ4n) is 3.94. The van der Waals surface area contributed by atoms with Gasteiger partial charge in [-0.05, 0) is 39.2 Å². The Labute approximate surface area is 162 Å². The predicted molar refractivity (Wildman–Crippen MR) is 107 cm³/mol. The average Bonchev–Trinajstić information content (AvgIpc) is 2.81. The molecule has 1 amide bonds. The molecule has 0 saturated carbocycles. The number of H-pyrrole nitrogens is 1. The van der Waals surface area contributed by atoms with Crippen molar-refractivity contribution in [3.8, 4) is 0 Å². The minimum Gasteiger partial charge on any atom is -0.375 e. The Bertz CT molecular complexity index is 914. The number of anilines is 1. The molecule has 0 radical (unpaired) electrons. The normalized spacial score (nSPS) is 24.8. The fraction of sp³-hybridized carbons (Fsp3) is 0.500. The Morgan fingerprint density at radius 1 is 1.22 bits per heavy atom. The van der Waals surface area contributed by atoms with E-state index in [2.05, 4.69) is 24.3 Å². The number of amides is 1. The number of aromatic amines is 1. The number of hydrogen-bond acceptors (Lipinski definition) is 4. The molecule has 1 aromatic heterocycles. The number of fused-ring (bicyclic) bond motifs is 1. The third-order valence-electron chi connectivity index (χ3n) is 5.28. The zero-order chi connectivity index (χ0) is 19.2. The lowest BCUT2D eigenvalue weighted by Crippen LogP contribution is -2.36. The van der Waals surface area contributed by atoms with Crippen LogP contribution in [0.5, 0.6) is 0 Å². The van der Waals surface area contributed by atoms with Gasteiger partial charge in [0.2, 0.25) is 5.91 Å². The SMILES string of the molecule is Cc1ccc([C@@H]2SCC(=O)Nc3c2c(=O)[nH]n3[C@H]2CCOC(C)(C)C2)cc1. The first-order chi connectivity index (χ1) is 12.8. The highest BCUT2D eigenvalue weighted by molar-refractivity contribution is 8.00. The highest BCUT2D eigenvalue weighted by atomic mass is 32.2. The highest BCUT2D eigenvalue weighted by Crippen LogP contribution is 2.42. The van der Waals surface area contributed by atoms with Crippen molar-refractivity contribution in [2.75, 3.05) is 17.7 Å². The van der Waals surface area contributed by atoms with E-state index in [-0.39, 0.29) is 28.4 Å². The number of rotatable bonds is 2. The molecule has 0 bridgehead atoms. The maximum atomic E-state index is 12.9. The summed E-state index contributed by atoms with van der Waals surface area (Å²) in [6, 6.07) is 8.26. The quantitative estimate of drug-likeness (QED) is 0.828. The largest absolute Gasteiger partial charge is 0.375 e. The summed E-state index contributed by atoms with van der Waals surface area (Å²) in [5.74, 6) is 0.865. The van der Waals surface area contributed by atoms with Gasteiger partial charge in [0.15, 0.2) is 0 Å². The maximum Gasteiger partial charge on any atom is 0.270 e. The zero-order valence-corrected chi connectivity index (χ0v) is 16.7. The molecule has 4 rings (SSSR count). The number of nitrogens with zero attached hydrogens (tertiary/aromatic N) is 1. The minimum absolute atomic E-state index is 0.0741. The summed E-state index contributed by atoms with van der Waals surface area (Å²) in [7, 11) is 0. The van der Waals surface area contributed by atoms with E-state index in [1.807, 2.05) is 35.9 Å². The molecule has 1 aromatic carbocycles. The fourth-order valence-corrected chi connectivity index (χ4v) is 5.07. The van der Waals surface area contributed by atoms with E-state index in [9.17, 15) is 9.59 Å². The number of ether oxygens (including phenoxy) is 1. The van der Waals surface area contributed by atoms with Gasteiger partial charge in [-0.1, -0.05) is 29.8 Å². The van der Waals surface area contributed by atoms with Crippen LogP contribution in [0.25, 0.3) is 0 Å². The van der Waals surface area contributed by atoms with Gasteiger partial charge in [0, 0.05) is 6.61 Å². The van der Waals surface area contributed by atoms with Crippen LogP contribution in [0.3, 0.4) is 0 Å². The molecule has 2 aliphatic rings. The number of carbonyl (C=O) groups excluding carboxylic acids is 1. The molecule has 0 spiro atoms. The van der Waals surface area contributed by atoms with Crippen molar-refractivity contribution in [2.45, 2.75) is 50.5 Å². The molecule has 27 heavy (non-hydrogen) atoms. The van der Waals surface area contributed by atoms with Gasteiger partial charge in [-0.3, -0.25) is 19.4 Å². The van der Waals surface area contributed by atoms with E-state index >= 15 is 0 Å². The summed E-state index contributed by atoms with van der Waals surface area (Å²) in [5, 5.41) is 5.81. The van der Waals surface area contributed by atoms with Crippen molar-refractivity contribution in [1.82, 2.24) is 9.78 Å². The monoisotopic (exact) mass is 387 g/mol. The molecule has 1 fully saturated rings. The number of carbonyl (C=O) groups is 1. The van der Waals surface area contributed by atoms with Gasteiger partial charge in [-0.25, -0.2) is 0 Å². The van der Waals surface area contributed by atoms with Gasteiger partial charge < -0.3 is 10.1 Å². The van der Waals surface area contributed by atoms with Crippen LogP contribution in [0.1, 0.15) is 54.7 Å². The second-order valence-electron chi connectivity index (χ2n) is 7.98. The zero-order valence-electron chi connectivity index (χ0n) is 15.9. The van der Waals surface area contributed by atoms with E-state index in [1.165, 1.54) is 17.3 Å². The minimum atomic E-state index is -0.253. The Morgan fingerprint density at radius 3 is 2.67 bits per heavy atom. The van der Waals surface area contributed by atoms with Crippen molar-refractivity contribution < 1.29 is 9.53 Å². The van der Waals surface area contributed by atoms with Gasteiger partial charge in [0.1, 0.15) is 5.82 Å². The van der Waals surface area contributed by atoms with Gasteiger partial charge in [0.05, 0.1) is 28.2 Å². The number of aromatic nitrogens is 2. The van der Waals surface area contributed by atoms with E-state index in [1.54, 1.807) is 0 Å². The summed E-state index contributed by atoms with van der Waals surface area (Å²) in [6.45, 7) is 6.79. The molecule has 2 aromatic rings. The van der Waals surface area contributed by atoms with Crippen molar-refractivity contribution >= 4 is 23.5 Å². The molecule has 0 aliphatic carbocycles. The molecule has 2 aliphatic heterocycles. The van der Waals surface area contributed by atoms with Gasteiger partial charge in [-0.2, -0.15) is 0 Å². The summed E-state index contributed by atoms with van der Waals surface area (Å²) >= 11 is 1.50. The van der Waals surface area contributed by atoms with Crippen LogP contribution in [-0.2, 0) is 9.53 Å². The molecule has 0 unspecified atom stereocenters. The van der Waals surface area contributed by atoms with E-state index < -0.39 is 0 Å². The summed E-state index contributed by atoms with van der Waals surface area (Å²) in [6.07, 6.45) is 1.58. The molecule has 2 N–H and O–H groups in total. The molecule has 1 saturated heterocycles. The van der Waals surface area contributed by atoms with Crippen molar-refractivity contribution in [3.63, 3.8) is 0 Å². The lowest BCUT2D eigenvalue weighted by molar-refractivity contribution is -0.113. The first-order valence-corrected chi connectivity index (χ1v) is 10.4. The number of aryl methyl sites for hydroxylation is 1. The van der Waals surface area contributed by atoms with Gasteiger partial charge in [-0.15, -0.1) is 11.8 Å². The van der Waals surface area contributed by atoms with Crippen molar-refractivity contribution in [1.29, 1.82) is 0 Å². The van der Waals surface area contributed by atoms with Gasteiger partial charge in [0.25, 0.3) is 5.56 Å². The van der Waals surface area contributed by atoms with E-state index in [4.69, 9.17) is 4.74 Å². The van der Waals surface area contributed by atoms with Gasteiger partial charge >= 0.3 is 0 Å². The maximum absolute atomic E-state index is 12.9. The smallest absolute Gasteiger partial charge is 0.270 e. The molecule has 7 heteroatoms. The summed E-state index contributed by atoms with van der Waals surface area (Å²) < 4.78 is 7.69. The van der Waals surface area contributed by atoms with Crippen molar-refractivity contribution in [2.24, 2.45) is 0 Å². The molecule has 3 heterocycles.